The highest BCUT2D eigenvalue weighted by Gasteiger charge is 2.32. The van der Waals surface area contributed by atoms with Crippen LogP contribution in [0.1, 0.15) is 48.0 Å². The number of carbonyl (C=O) groups excluding carboxylic acids is 2. The molecular formula is C13H18N2O3S. The van der Waals surface area contributed by atoms with Crippen LogP contribution < -0.4 is 11.1 Å². The van der Waals surface area contributed by atoms with E-state index in [-0.39, 0.29) is 18.3 Å². The van der Waals surface area contributed by atoms with Crippen molar-refractivity contribution in [3.63, 3.8) is 0 Å². The van der Waals surface area contributed by atoms with E-state index in [1.807, 2.05) is 5.38 Å². The van der Waals surface area contributed by atoms with Gasteiger partial charge in [-0.05, 0) is 36.6 Å². The molecule has 0 bridgehead atoms. The Morgan fingerprint density at radius 3 is 2.84 bits per heavy atom. The second kappa shape index (κ2) is 6.16. The number of thiophene rings is 1. The molecule has 0 radical (unpaired) electrons. The van der Waals surface area contributed by atoms with Crippen LogP contribution in [0.15, 0.2) is 5.38 Å². The molecule has 1 aromatic heterocycles. The summed E-state index contributed by atoms with van der Waals surface area (Å²) in [5.74, 6) is -0.0817. The lowest BCUT2D eigenvalue weighted by Gasteiger charge is -2.07. The van der Waals surface area contributed by atoms with Gasteiger partial charge in [-0.2, -0.15) is 0 Å². The molecule has 3 N–H and O–H groups in total. The van der Waals surface area contributed by atoms with Crippen molar-refractivity contribution in [2.45, 2.75) is 32.1 Å². The summed E-state index contributed by atoms with van der Waals surface area (Å²) in [6, 6.07) is 0. The molecule has 1 fully saturated rings. The number of hydrogen-bond acceptors (Lipinski definition) is 5. The molecule has 1 aromatic rings. The smallest absolute Gasteiger partial charge is 0.341 e. The van der Waals surface area contributed by atoms with Crippen molar-refractivity contribution >= 4 is 28.2 Å². The predicted molar refractivity (Wildman–Crippen MR) is 74.6 cm³/mol. The molecular weight excluding hydrogens is 264 g/mol. The number of nitrogens with one attached hydrogen (secondary N) is 1. The highest BCUT2D eigenvalue weighted by Crippen LogP contribution is 2.46. The molecule has 2 rings (SSSR count). The van der Waals surface area contributed by atoms with Gasteiger partial charge < -0.3 is 15.8 Å². The number of rotatable bonds is 6. The second-order valence-electron chi connectivity index (χ2n) is 4.48. The zero-order chi connectivity index (χ0) is 13.8. The van der Waals surface area contributed by atoms with E-state index in [2.05, 4.69) is 5.32 Å². The number of ether oxygens (including phenoxy) is 1. The first-order chi connectivity index (χ1) is 9.17. The first-order valence-corrected chi connectivity index (χ1v) is 7.33. The first-order valence-electron chi connectivity index (χ1n) is 6.45. The standard InChI is InChI=1S/C13H18N2O3S/c1-2-18-13(17)11-9(8-3-4-8)7-19-12(11)15-10(16)5-6-14/h7-8H,2-6,14H2,1H3,(H,15,16). The van der Waals surface area contributed by atoms with E-state index in [1.165, 1.54) is 11.3 Å². The summed E-state index contributed by atoms with van der Waals surface area (Å²) in [7, 11) is 0. The van der Waals surface area contributed by atoms with Gasteiger partial charge >= 0.3 is 5.97 Å². The van der Waals surface area contributed by atoms with Crippen molar-refractivity contribution in [2.24, 2.45) is 5.73 Å². The Bertz CT molecular complexity index is 480. The number of anilines is 1. The largest absolute Gasteiger partial charge is 0.462 e. The molecule has 1 aliphatic carbocycles. The van der Waals surface area contributed by atoms with Gasteiger partial charge in [0.15, 0.2) is 0 Å². The quantitative estimate of drug-likeness (QED) is 0.783. The Balaban J connectivity index is 2.22. The van der Waals surface area contributed by atoms with Gasteiger partial charge in [0.05, 0.1) is 12.2 Å². The lowest BCUT2D eigenvalue weighted by atomic mass is 10.1. The summed E-state index contributed by atoms with van der Waals surface area (Å²) in [4.78, 5) is 23.6. The third-order valence-electron chi connectivity index (χ3n) is 2.94. The van der Waals surface area contributed by atoms with Gasteiger partial charge in [0.2, 0.25) is 5.91 Å². The number of amides is 1. The topological polar surface area (TPSA) is 81.4 Å². The summed E-state index contributed by atoms with van der Waals surface area (Å²) < 4.78 is 5.08. The van der Waals surface area contributed by atoms with Crippen molar-refractivity contribution in [2.75, 3.05) is 18.5 Å². The molecule has 1 aliphatic rings. The summed E-state index contributed by atoms with van der Waals surface area (Å²) >= 11 is 1.38. The van der Waals surface area contributed by atoms with E-state index in [0.717, 1.165) is 18.4 Å². The average molecular weight is 282 g/mol. The zero-order valence-corrected chi connectivity index (χ0v) is 11.7. The molecule has 0 spiro atoms. The van der Waals surface area contributed by atoms with Gasteiger partial charge in [-0.3, -0.25) is 4.79 Å². The van der Waals surface area contributed by atoms with Crippen LogP contribution in [0.2, 0.25) is 0 Å². The fraction of sp³-hybridized carbons (Fsp3) is 0.538. The molecule has 0 unspecified atom stereocenters. The minimum Gasteiger partial charge on any atom is -0.462 e. The van der Waals surface area contributed by atoms with Crippen LogP contribution in [0.4, 0.5) is 5.00 Å². The van der Waals surface area contributed by atoms with Crippen LogP contribution in [-0.2, 0) is 9.53 Å². The highest BCUT2D eigenvalue weighted by molar-refractivity contribution is 7.15. The van der Waals surface area contributed by atoms with Crippen LogP contribution >= 0.6 is 11.3 Å². The van der Waals surface area contributed by atoms with E-state index in [0.29, 0.717) is 29.6 Å². The Morgan fingerprint density at radius 2 is 2.26 bits per heavy atom. The molecule has 1 amide bonds. The number of hydrogen-bond donors (Lipinski definition) is 2. The molecule has 0 aliphatic heterocycles. The minimum atomic E-state index is -0.353. The van der Waals surface area contributed by atoms with Gasteiger partial charge in [0, 0.05) is 13.0 Å². The van der Waals surface area contributed by atoms with Crippen LogP contribution in [0.3, 0.4) is 0 Å². The van der Waals surface area contributed by atoms with Crippen molar-refractivity contribution < 1.29 is 14.3 Å². The maximum Gasteiger partial charge on any atom is 0.341 e. The maximum absolute atomic E-state index is 12.0. The van der Waals surface area contributed by atoms with Crippen LogP contribution in [0.5, 0.6) is 0 Å². The first kappa shape index (κ1) is 14.0. The van der Waals surface area contributed by atoms with Crippen molar-refractivity contribution in [1.29, 1.82) is 0 Å². The van der Waals surface area contributed by atoms with E-state index in [1.54, 1.807) is 6.92 Å². The van der Waals surface area contributed by atoms with Gasteiger partial charge in [0.1, 0.15) is 5.00 Å². The summed E-state index contributed by atoms with van der Waals surface area (Å²) in [5, 5.41) is 5.28. The molecule has 5 nitrogen and oxygen atoms in total. The highest BCUT2D eigenvalue weighted by atomic mass is 32.1. The van der Waals surface area contributed by atoms with Crippen molar-refractivity contribution in [1.82, 2.24) is 0 Å². The molecule has 0 saturated heterocycles. The SMILES string of the molecule is CCOC(=O)c1c(C2CC2)csc1NC(=O)CCN. The third kappa shape index (κ3) is 3.33. The third-order valence-corrected chi connectivity index (χ3v) is 3.85. The molecule has 0 atom stereocenters. The lowest BCUT2D eigenvalue weighted by molar-refractivity contribution is -0.116. The Hall–Kier alpha value is -1.40. The monoisotopic (exact) mass is 282 g/mol. The van der Waals surface area contributed by atoms with Gasteiger partial charge in [0.25, 0.3) is 0 Å². The molecule has 0 aromatic carbocycles. The fourth-order valence-corrected chi connectivity index (χ4v) is 2.94. The Kier molecular flexibility index (Phi) is 4.55. The number of esters is 1. The van der Waals surface area contributed by atoms with Crippen molar-refractivity contribution in [3.05, 3.63) is 16.5 Å². The van der Waals surface area contributed by atoms with Gasteiger partial charge in [-0.25, -0.2) is 4.79 Å². The Morgan fingerprint density at radius 1 is 1.53 bits per heavy atom. The normalized spacial score (nSPS) is 14.2. The molecule has 1 saturated carbocycles. The van der Waals surface area contributed by atoms with E-state index >= 15 is 0 Å². The number of carbonyl (C=O) groups is 2. The van der Waals surface area contributed by atoms with Gasteiger partial charge in [-0.15, -0.1) is 11.3 Å². The van der Waals surface area contributed by atoms with Crippen molar-refractivity contribution in [3.8, 4) is 0 Å². The lowest BCUT2D eigenvalue weighted by Crippen LogP contribution is -2.17. The molecule has 6 heteroatoms. The van der Waals surface area contributed by atoms with Gasteiger partial charge in [-0.1, -0.05) is 0 Å². The second-order valence-corrected chi connectivity index (χ2v) is 5.36. The molecule has 19 heavy (non-hydrogen) atoms. The van der Waals surface area contributed by atoms with E-state index in [9.17, 15) is 9.59 Å². The van der Waals surface area contributed by atoms with Crippen LogP contribution in [-0.4, -0.2) is 25.0 Å². The Labute approximate surface area is 116 Å². The molecule has 1 heterocycles. The predicted octanol–water partition coefficient (Wildman–Crippen LogP) is 2.09. The number of nitrogens with two attached hydrogens (primary N) is 1. The fourth-order valence-electron chi connectivity index (χ4n) is 1.89. The molecule has 104 valence electrons. The summed E-state index contributed by atoms with van der Waals surface area (Å²) in [6.45, 7) is 2.39. The average Bonchev–Trinajstić information content (AvgIpc) is 3.12. The zero-order valence-electron chi connectivity index (χ0n) is 10.9. The van der Waals surface area contributed by atoms with E-state index < -0.39 is 0 Å². The summed E-state index contributed by atoms with van der Waals surface area (Å²) in [5.41, 5.74) is 6.88. The van der Waals surface area contributed by atoms with E-state index in [4.69, 9.17) is 10.5 Å². The summed E-state index contributed by atoms with van der Waals surface area (Å²) in [6.07, 6.45) is 2.44. The van der Waals surface area contributed by atoms with Crippen LogP contribution in [0, 0.1) is 0 Å². The van der Waals surface area contributed by atoms with Crippen LogP contribution in [0.25, 0.3) is 0 Å². The maximum atomic E-state index is 12.0. The minimum absolute atomic E-state index is 0.169.